The van der Waals surface area contributed by atoms with E-state index in [4.69, 9.17) is 10.2 Å². The molecule has 1 rings (SSSR count). The van der Waals surface area contributed by atoms with Crippen LogP contribution < -0.4 is 10.6 Å². The first-order chi connectivity index (χ1) is 7.61. The van der Waals surface area contributed by atoms with Crippen molar-refractivity contribution in [2.24, 2.45) is 0 Å². The third kappa shape index (κ3) is 4.18. The van der Waals surface area contributed by atoms with E-state index in [1.807, 2.05) is 0 Å². The zero-order chi connectivity index (χ0) is 12.0. The zero-order valence-corrected chi connectivity index (χ0v) is 9.10. The number of nitrogens with one attached hydrogen (secondary N) is 2. The summed E-state index contributed by atoms with van der Waals surface area (Å²) >= 11 is 0. The Balaban J connectivity index is 2.34. The summed E-state index contributed by atoms with van der Waals surface area (Å²) in [6.45, 7) is 2.00. The standard InChI is InChI=1S/C11H16N2O3/c1-8(7-14)13-11(16)12-6-9-2-4-10(15)5-3-9/h2-5,8,14-15H,6-7H2,1H3,(H2,12,13,16)/t8-/m0/s1. The van der Waals surface area contributed by atoms with Crippen molar-refractivity contribution in [1.29, 1.82) is 0 Å². The Morgan fingerprint density at radius 1 is 1.38 bits per heavy atom. The van der Waals surface area contributed by atoms with Crippen molar-refractivity contribution in [1.82, 2.24) is 10.6 Å². The van der Waals surface area contributed by atoms with Gasteiger partial charge < -0.3 is 20.8 Å². The van der Waals surface area contributed by atoms with Crippen LogP contribution in [0.1, 0.15) is 12.5 Å². The molecule has 0 aliphatic rings. The van der Waals surface area contributed by atoms with Gasteiger partial charge in [0.15, 0.2) is 0 Å². The molecule has 0 fully saturated rings. The van der Waals surface area contributed by atoms with Crippen LogP contribution in [-0.2, 0) is 6.54 Å². The minimum absolute atomic E-state index is 0.0906. The first-order valence-electron chi connectivity index (χ1n) is 5.05. The van der Waals surface area contributed by atoms with Crippen LogP contribution in [0.15, 0.2) is 24.3 Å². The lowest BCUT2D eigenvalue weighted by atomic mass is 10.2. The number of hydrogen-bond acceptors (Lipinski definition) is 3. The summed E-state index contributed by atoms with van der Waals surface area (Å²) in [5.74, 6) is 0.196. The van der Waals surface area contributed by atoms with Gasteiger partial charge in [0.2, 0.25) is 0 Å². The van der Waals surface area contributed by atoms with Gasteiger partial charge >= 0.3 is 6.03 Å². The molecule has 0 aliphatic carbocycles. The van der Waals surface area contributed by atoms with E-state index in [0.717, 1.165) is 5.56 Å². The highest BCUT2D eigenvalue weighted by molar-refractivity contribution is 5.74. The van der Waals surface area contributed by atoms with Crippen LogP contribution in [0, 0.1) is 0 Å². The van der Waals surface area contributed by atoms with E-state index in [0.29, 0.717) is 6.54 Å². The fourth-order valence-electron chi connectivity index (χ4n) is 1.12. The van der Waals surface area contributed by atoms with Gasteiger partial charge in [0.1, 0.15) is 5.75 Å². The Morgan fingerprint density at radius 3 is 2.56 bits per heavy atom. The van der Waals surface area contributed by atoms with E-state index in [1.54, 1.807) is 31.2 Å². The number of aliphatic hydroxyl groups excluding tert-OH is 1. The highest BCUT2D eigenvalue weighted by atomic mass is 16.3. The maximum atomic E-state index is 11.3. The second-order valence-electron chi connectivity index (χ2n) is 3.58. The molecule has 0 bridgehead atoms. The Labute approximate surface area is 94.1 Å². The van der Waals surface area contributed by atoms with Gasteiger partial charge in [0.05, 0.1) is 12.6 Å². The molecule has 1 aromatic carbocycles. The summed E-state index contributed by atoms with van der Waals surface area (Å²) in [6, 6.07) is 5.99. The lowest BCUT2D eigenvalue weighted by Gasteiger charge is -2.11. The average Bonchev–Trinajstić information content (AvgIpc) is 2.28. The van der Waals surface area contributed by atoms with Crippen molar-refractivity contribution in [2.75, 3.05) is 6.61 Å². The van der Waals surface area contributed by atoms with Gasteiger partial charge in [-0.3, -0.25) is 0 Å². The second kappa shape index (κ2) is 5.97. The Bertz CT molecular complexity index is 338. The Kier molecular flexibility index (Phi) is 4.60. The van der Waals surface area contributed by atoms with Crippen LogP contribution in [0.3, 0.4) is 0 Å². The molecule has 0 aliphatic heterocycles. The third-order valence-corrected chi connectivity index (χ3v) is 2.04. The van der Waals surface area contributed by atoms with Crippen LogP contribution in [0.4, 0.5) is 4.79 Å². The first-order valence-corrected chi connectivity index (χ1v) is 5.05. The molecule has 0 unspecified atom stereocenters. The number of aromatic hydroxyl groups is 1. The zero-order valence-electron chi connectivity index (χ0n) is 9.10. The van der Waals surface area contributed by atoms with Crippen LogP contribution in [0.25, 0.3) is 0 Å². The molecule has 16 heavy (non-hydrogen) atoms. The SMILES string of the molecule is C[C@@H](CO)NC(=O)NCc1ccc(O)cc1. The quantitative estimate of drug-likeness (QED) is 0.603. The van der Waals surface area contributed by atoms with Crippen molar-refractivity contribution < 1.29 is 15.0 Å². The molecule has 2 amide bonds. The van der Waals surface area contributed by atoms with Gasteiger partial charge in [-0.05, 0) is 24.6 Å². The lowest BCUT2D eigenvalue weighted by molar-refractivity contribution is 0.220. The third-order valence-electron chi connectivity index (χ3n) is 2.04. The van der Waals surface area contributed by atoms with Crippen molar-refractivity contribution in [3.63, 3.8) is 0 Å². The topological polar surface area (TPSA) is 81.6 Å². The van der Waals surface area contributed by atoms with Crippen molar-refractivity contribution in [2.45, 2.75) is 19.5 Å². The highest BCUT2D eigenvalue weighted by Crippen LogP contribution is 2.08. The molecule has 0 heterocycles. The van der Waals surface area contributed by atoms with Crippen LogP contribution in [0.2, 0.25) is 0 Å². The predicted molar refractivity (Wildman–Crippen MR) is 60.0 cm³/mol. The predicted octanol–water partition coefficient (Wildman–Crippen LogP) is 0.572. The summed E-state index contributed by atoms with van der Waals surface area (Å²) in [7, 11) is 0. The summed E-state index contributed by atoms with van der Waals surface area (Å²) in [5, 5.41) is 23.0. The van der Waals surface area contributed by atoms with E-state index < -0.39 is 0 Å². The summed E-state index contributed by atoms with van der Waals surface area (Å²) < 4.78 is 0. The largest absolute Gasteiger partial charge is 0.508 e. The molecule has 0 spiro atoms. The Hall–Kier alpha value is -1.75. The number of phenols is 1. The van der Waals surface area contributed by atoms with E-state index in [-0.39, 0.29) is 24.4 Å². The highest BCUT2D eigenvalue weighted by Gasteiger charge is 2.04. The number of carbonyl (C=O) groups excluding carboxylic acids is 1. The molecule has 4 N–H and O–H groups in total. The number of hydrogen-bond donors (Lipinski definition) is 4. The summed E-state index contributed by atoms with van der Waals surface area (Å²) in [6.07, 6.45) is 0. The van der Waals surface area contributed by atoms with Gasteiger partial charge in [-0.25, -0.2) is 4.79 Å². The summed E-state index contributed by atoms with van der Waals surface area (Å²) in [5.41, 5.74) is 0.893. The molecule has 1 aromatic rings. The lowest BCUT2D eigenvalue weighted by Crippen LogP contribution is -2.41. The van der Waals surface area contributed by atoms with Gasteiger partial charge in [-0.15, -0.1) is 0 Å². The van der Waals surface area contributed by atoms with Crippen molar-refractivity contribution >= 4 is 6.03 Å². The average molecular weight is 224 g/mol. The fraction of sp³-hybridized carbons (Fsp3) is 0.364. The number of benzene rings is 1. The molecule has 0 radical (unpaired) electrons. The van der Waals surface area contributed by atoms with E-state index in [2.05, 4.69) is 10.6 Å². The van der Waals surface area contributed by atoms with Gasteiger partial charge in [-0.1, -0.05) is 12.1 Å². The van der Waals surface area contributed by atoms with E-state index in [1.165, 1.54) is 0 Å². The number of phenolic OH excluding ortho intramolecular Hbond substituents is 1. The minimum atomic E-state index is -0.324. The number of amides is 2. The minimum Gasteiger partial charge on any atom is -0.508 e. The maximum Gasteiger partial charge on any atom is 0.315 e. The number of carbonyl (C=O) groups is 1. The Morgan fingerprint density at radius 2 is 2.00 bits per heavy atom. The molecule has 0 saturated heterocycles. The first kappa shape index (κ1) is 12.3. The summed E-state index contributed by atoms with van der Waals surface area (Å²) in [4.78, 5) is 11.3. The van der Waals surface area contributed by atoms with Crippen molar-refractivity contribution in [3.05, 3.63) is 29.8 Å². The molecule has 0 aromatic heterocycles. The molecular formula is C11H16N2O3. The van der Waals surface area contributed by atoms with Gasteiger partial charge in [0.25, 0.3) is 0 Å². The maximum absolute atomic E-state index is 11.3. The monoisotopic (exact) mass is 224 g/mol. The smallest absolute Gasteiger partial charge is 0.315 e. The van der Waals surface area contributed by atoms with E-state index >= 15 is 0 Å². The molecular weight excluding hydrogens is 208 g/mol. The van der Waals surface area contributed by atoms with Gasteiger partial charge in [-0.2, -0.15) is 0 Å². The van der Waals surface area contributed by atoms with Crippen LogP contribution >= 0.6 is 0 Å². The van der Waals surface area contributed by atoms with E-state index in [9.17, 15) is 4.79 Å². The van der Waals surface area contributed by atoms with Crippen LogP contribution in [0.5, 0.6) is 5.75 Å². The molecule has 5 nitrogen and oxygen atoms in total. The van der Waals surface area contributed by atoms with Crippen LogP contribution in [-0.4, -0.2) is 28.9 Å². The molecule has 88 valence electrons. The second-order valence-corrected chi connectivity index (χ2v) is 3.58. The molecule has 1 atom stereocenters. The number of rotatable bonds is 4. The van der Waals surface area contributed by atoms with Gasteiger partial charge in [0, 0.05) is 6.54 Å². The number of aliphatic hydroxyl groups is 1. The van der Waals surface area contributed by atoms with Crippen molar-refractivity contribution in [3.8, 4) is 5.75 Å². The molecule has 5 heteroatoms. The normalized spacial score (nSPS) is 11.9. The fourth-order valence-corrected chi connectivity index (χ4v) is 1.12. The number of urea groups is 1. The molecule has 0 saturated carbocycles.